The molecule has 16 heavy (non-hydrogen) atoms. The van der Waals surface area contributed by atoms with Crippen LogP contribution in [-0.4, -0.2) is 31.2 Å². The summed E-state index contributed by atoms with van der Waals surface area (Å²) in [5.74, 6) is -0.987. The van der Waals surface area contributed by atoms with Crippen molar-refractivity contribution in [3.05, 3.63) is 28.8 Å². The van der Waals surface area contributed by atoms with Crippen LogP contribution < -0.4 is 0 Å². The van der Waals surface area contributed by atoms with Gasteiger partial charge in [0.2, 0.25) is 0 Å². The average Bonchev–Trinajstić information content (AvgIpc) is 2.76. The molecule has 1 N–H and O–H groups in total. The monoisotopic (exact) mass is 222 g/mol. The second-order valence-corrected chi connectivity index (χ2v) is 3.40. The normalized spacial score (nSPS) is 10.6. The van der Waals surface area contributed by atoms with Crippen molar-refractivity contribution in [2.24, 2.45) is 0 Å². The van der Waals surface area contributed by atoms with Gasteiger partial charge in [-0.25, -0.2) is 9.42 Å². The molecule has 2 aromatic heterocycles. The van der Waals surface area contributed by atoms with Gasteiger partial charge in [0.15, 0.2) is 0 Å². The van der Waals surface area contributed by atoms with Crippen molar-refractivity contribution in [3.63, 3.8) is 0 Å². The molecule has 2 aromatic rings. The third kappa shape index (κ3) is 1.67. The van der Waals surface area contributed by atoms with Gasteiger partial charge in [0, 0.05) is 0 Å². The SMILES string of the molecule is Cc1nonc1Cn1ncc(C(=O)O)c1C. The van der Waals surface area contributed by atoms with Crippen LogP contribution in [0.4, 0.5) is 0 Å². The predicted molar refractivity (Wildman–Crippen MR) is 52.1 cm³/mol. The Morgan fingerprint density at radius 3 is 2.75 bits per heavy atom. The molecule has 0 amide bonds. The molecule has 7 heteroatoms. The van der Waals surface area contributed by atoms with E-state index in [9.17, 15) is 4.79 Å². The molecule has 0 aromatic carbocycles. The minimum Gasteiger partial charge on any atom is -0.478 e. The van der Waals surface area contributed by atoms with E-state index >= 15 is 0 Å². The zero-order valence-corrected chi connectivity index (χ0v) is 8.84. The third-order valence-corrected chi connectivity index (χ3v) is 2.38. The molecular formula is C9H10N4O3. The molecule has 7 nitrogen and oxygen atoms in total. The number of carboxylic acid groups (broad SMARTS) is 1. The van der Waals surface area contributed by atoms with Crippen LogP contribution in [0.25, 0.3) is 0 Å². The second kappa shape index (κ2) is 3.76. The molecule has 0 spiro atoms. The van der Waals surface area contributed by atoms with Crippen molar-refractivity contribution < 1.29 is 14.5 Å². The summed E-state index contributed by atoms with van der Waals surface area (Å²) in [5, 5.41) is 20.2. The van der Waals surface area contributed by atoms with E-state index in [1.807, 2.05) is 0 Å². The fourth-order valence-electron chi connectivity index (χ4n) is 1.35. The topological polar surface area (TPSA) is 94.0 Å². The van der Waals surface area contributed by atoms with Gasteiger partial charge in [0.25, 0.3) is 0 Å². The van der Waals surface area contributed by atoms with Crippen LogP contribution in [0.2, 0.25) is 0 Å². The molecule has 0 saturated carbocycles. The Bertz CT molecular complexity index is 529. The molecule has 0 atom stereocenters. The number of hydrogen-bond donors (Lipinski definition) is 1. The Kier molecular flexibility index (Phi) is 2.43. The zero-order valence-electron chi connectivity index (χ0n) is 8.84. The Morgan fingerprint density at radius 1 is 1.50 bits per heavy atom. The lowest BCUT2D eigenvalue weighted by molar-refractivity contribution is 0.0696. The lowest BCUT2D eigenvalue weighted by atomic mass is 10.2. The van der Waals surface area contributed by atoms with E-state index in [0.29, 0.717) is 23.6 Å². The second-order valence-electron chi connectivity index (χ2n) is 3.40. The van der Waals surface area contributed by atoms with Crippen LogP contribution in [0.5, 0.6) is 0 Å². The lowest BCUT2D eigenvalue weighted by Gasteiger charge is -2.01. The van der Waals surface area contributed by atoms with E-state index in [0.717, 1.165) is 0 Å². The number of aromatic carboxylic acids is 1. The van der Waals surface area contributed by atoms with Crippen LogP contribution in [0, 0.1) is 13.8 Å². The van der Waals surface area contributed by atoms with Crippen molar-refractivity contribution in [1.29, 1.82) is 0 Å². The van der Waals surface area contributed by atoms with Crippen molar-refractivity contribution >= 4 is 5.97 Å². The Labute approximate surface area is 90.6 Å². The number of aromatic nitrogens is 4. The molecule has 2 heterocycles. The summed E-state index contributed by atoms with van der Waals surface area (Å²) in [5.41, 5.74) is 2.08. The van der Waals surface area contributed by atoms with Gasteiger partial charge in [0.05, 0.1) is 18.4 Å². The minimum atomic E-state index is -0.987. The molecule has 0 saturated heterocycles. The molecule has 0 aliphatic rings. The molecule has 0 fully saturated rings. The fraction of sp³-hybridized carbons (Fsp3) is 0.333. The van der Waals surface area contributed by atoms with Crippen molar-refractivity contribution in [1.82, 2.24) is 20.1 Å². The first-order valence-electron chi connectivity index (χ1n) is 4.63. The summed E-state index contributed by atoms with van der Waals surface area (Å²) in [4.78, 5) is 10.8. The highest BCUT2D eigenvalue weighted by Gasteiger charge is 2.14. The summed E-state index contributed by atoms with van der Waals surface area (Å²) in [6, 6.07) is 0. The Morgan fingerprint density at radius 2 is 2.25 bits per heavy atom. The number of hydrogen-bond acceptors (Lipinski definition) is 5. The highest BCUT2D eigenvalue weighted by molar-refractivity contribution is 5.88. The maximum atomic E-state index is 10.8. The van der Waals surface area contributed by atoms with Gasteiger partial charge in [-0.1, -0.05) is 10.3 Å². The lowest BCUT2D eigenvalue weighted by Crippen LogP contribution is -2.07. The highest BCUT2D eigenvalue weighted by Crippen LogP contribution is 2.10. The predicted octanol–water partition coefficient (Wildman–Crippen LogP) is 0.629. The van der Waals surface area contributed by atoms with E-state index < -0.39 is 5.97 Å². The molecule has 0 aliphatic heterocycles. The largest absolute Gasteiger partial charge is 0.478 e. The molecule has 0 unspecified atom stereocenters. The van der Waals surface area contributed by atoms with E-state index in [1.54, 1.807) is 18.5 Å². The summed E-state index contributed by atoms with van der Waals surface area (Å²) in [7, 11) is 0. The van der Waals surface area contributed by atoms with Crippen LogP contribution >= 0.6 is 0 Å². The van der Waals surface area contributed by atoms with E-state index in [2.05, 4.69) is 20.0 Å². The Hall–Kier alpha value is -2.18. The van der Waals surface area contributed by atoms with Crippen LogP contribution in [0.1, 0.15) is 27.4 Å². The van der Waals surface area contributed by atoms with Crippen LogP contribution in [0.15, 0.2) is 10.8 Å². The van der Waals surface area contributed by atoms with Gasteiger partial charge in [-0.2, -0.15) is 5.10 Å². The van der Waals surface area contributed by atoms with Crippen molar-refractivity contribution in [2.45, 2.75) is 20.4 Å². The van der Waals surface area contributed by atoms with Gasteiger partial charge in [-0.05, 0) is 13.8 Å². The number of aryl methyl sites for hydroxylation is 1. The smallest absolute Gasteiger partial charge is 0.339 e. The van der Waals surface area contributed by atoms with Gasteiger partial charge in [0.1, 0.15) is 17.0 Å². The van der Waals surface area contributed by atoms with E-state index in [-0.39, 0.29) is 5.56 Å². The van der Waals surface area contributed by atoms with E-state index in [4.69, 9.17) is 5.11 Å². The summed E-state index contributed by atoms with van der Waals surface area (Å²) >= 11 is 0. The minimum absolute atomic E-state index is 0.189. The highest BCUT2D eigenvalue weighted by atomic mass is 16.6. The molecule has 2 rings (SSSR count). The first-order chi connectivity index (χ1) is 7.59. The van der Waals surface area contributed by atoms with E-state index in [1.165, 1.54) is 6.20 Å². The average molecular weight is 222 g/mol. The van der Waals surface area contributed by atoms with Crippen molar-refractivity contribution in [2.75, 3.05) is 0 Å². The van der Waals surface area contributed by atoms with Crippen molar-refractivity contribution in [3.8, 4) is 0 Å². The van der Waals surface area contributed by atoms with Gasteiger partial charge < -0.3 is 5.11 Å². The standard InChI is InChI=1S/C9H10N4O3/c1-5-8(12-16-11-5)4-13-6(2)7(3-10-13)9(14)15/h3H,4H2,1-2H3,(H,14,15). The Balaban J connectivity index is 2.29. The maximum Gasteiger partial charge on any atom is 0.339 e. The molecule has 0 radical (unpaired) electrons. The number of carbonyl (C=O) groups is 1. The first-order valence-corrected chi connectivity index (χ1v) is 4.63. The fourth-order valence-corrected chi connectivity index (χ4v) is 1.35. The molecule has 84 valence electrons. The van der Waals surface area contributed by atoms with Crippen LogP contribution in [-0.2, 0) is 6.54 Å². The number of rotatable bonds is 3. The zero-order chi connectivity index (χ0) is 11.7. The van der Waals surface area contributed by atoms with Crippen LogP contribution in [0.3, 0.4) is 0 Å². The van der Waals surface area contributed by atoms with Gasteiger partial charge in [-0.3, -0.25) is 4.68 Å². The van der Waals surface area contributed by atoms with Gasteiger partial charge in [-0.15, -0.1) is 0 Å². The molecular weight excluding hydrogens is 212 g/mol. The number of nitrogens with zero attached hydrogens (tertiary/aromatic N) is 4. The third-order valence-electron chi connectivity index (χ3n) is 2.38. The molecule has 0 aliphatic carbocycles. The van der Waals surface area contributed by atoms with Gasteiger partial charge >= 0.3 is 5.97 Å². The summed E-state index contributed by atoms with van der Waals surface area (Å²) in [6.45, 7) is 3.82. The first kappa shape index (κ1) is 10.3. The summed E-state index contributed by atoms with van der Waals surface area (Å²) in [6.07, 6.45) is 1.32. The molecule has 0 bridgehead atoms. The maximum absolute atomic E-state index is 10.8. The summed E-state index contributed by atoms with van der Waals surface area (Å²) < 4.78 is 6.11. The quantitative estimate of drug-likeness (QED) is 0.818. The number of carboxylic acids is 1.